The number of hydrogen-bond acceptors (Lipinski definition) is 17. The van der Waals surface area contributed by atoms with Crippen LogP contribution in [0.3, 0.4) is 0 Å². The average molecular weight is 1290 g/mol. The molecule has 0 radical (unpaired) electrons. The topological polar surface area (TPSA) is 269 Å². The van der Waals surface area contributed by atoms with Crippen molar-refractivity contribution in [3.63, 3.8) is 0 Å². The maximum absolute atomic E-state index is 14.8. The molecule has 0 aromatic carbocycles. The molecule has 6 aromatic heterocycles. The minimum absolute atomic E-state index is 0.0654. The molecular weight excluding hydrogens is 1200 g/mol. The zero-order chi connectivity index (χ0) is 67.1. The van der Waals surface area contributed by atoms with E-state index < -0.39 is 76.3 Å². The van der Waals surface area contributed by atoms with Gasteiger partial charge in [0.1, 0.15) is 17.2 Å². The van der Waals surface area contributed by atoms with Gasteiger partial charge in [-0.05, 0) is 179 Å². The summed E-state index contributed by atoms with van der Waals surface area (Å²) in [4.78, 5) is 65.7. The fraction of sp³-hybridized carbons (Fsp3) is 0.507. The molecule has 0 spiro atoms. The summed E-state index contributed by atoms with van der Waals surface area (Å²) < 4.78 is 91.6. The van der Waals surface area contributed by atoms with E-state index in [-0.39, 0.29) is 45.8 Å². The predicted octanol–water partition coefficient (Wildman–Crippen LogP) is 12.2. The van der Waals surface area contributed by atoms with E-state index in [0.717, 1.165) is 67.7 Å². The number of ether oxygens (including phenoxy) is 1. The first-order valence-corrected chi connectivity index (χ1v) is 33.8. The normalized spacial score (nSPS) is 16.5. The summed E-state index contributed by atoms with van der Waals surface area (Å²) in [5, 5.41) is 9.37. The van der Waals surface area contributed by atoms with E-state index in [1.807, 2.05) is 90.0 Å². The van der Waals surface area contributed by atoms with E-state index in [1.165, 1.54) is 42.5 Å². The van der Waals surface area contributed by atoms with Gasteiger partial charge in [-0.25, -0.2) is 34.2 Å². The largest absolute Gasteiger partial charge is 0.444 e. The van der Waals surface area contributed by atoms with Gasteiger partial charge in [-0.2, -0.15) is 25.6 Å². The van der Waals surface area contributed by atoms with Gasteiger partial charge in [0.15, 0.2) is 10.1 Å². The molecule has 2 unspecified atom stereocenters. The number of nitrogens with one attached hydrogen (secondary N) is 5. The van der Waals surface area contributed by atoms with Gasteiger partial charge in [-0.15, -0.1) is 0 Å². The number of likely N-dealkylation sites (tertiary alicyclic amines) is 1. The second kappa shape index (κ2) is 28.5. The Hall–Kier alpha value is -7.57. The van der Waals surface area contributed by atoms with Crippen LogP contribution in [0, 0.1) is 23.7 Å². The van der Waals surface area contributed by atoms with Crippen LogP contribution in [-0.4, -0.2) is 101 Å². The average Bonchev–Trinajstić information content (AvgIpc) is 1.45. The number of pyridine rings is 6. The van der Waals surface area contributed by atoms with Crippen LogP contribution in [0.1, 0.15) is 209 Å². The highest BCUT2D eigenvalue weighted by Crippen LogP contribution is 2.34. The highest BCUT2D eigenvalue weighted by Gasteiger charge is 2.33. The molecule has 8 heterocycles. The first-order chi connectivity index (χ1) is 42.3. The molecule has 2 fully saturated rings. The van der Waals surface area contributed by atoms with Crippen molar-refractivity contribution in [3.05, 3.63) is 154 Å². The molecule has 91 heavy (non-hydrogen) atoms. The first kappa shape index (κ1) is 70.9. The Balaban J connectivity index is 0.000000261. The predicted molar refractivity (Wildman–Crippen MR) is 348 cm³/mol. The molecule has 5 N–H and O–H groups in total. The molecule has 2 saturated heterocycles. The monoisotopic (exact) mass is 1290 g/mol. The third-order valence-corrected chi connectivity index (χ3v) is 18.1. The van der Waals surface area contributed by atoms with Crippen LogP contribution in [0.4, 0.5) is 25.2 Å². The lowest BCUT2D eigenvalue weighted by Crippen LogP contribution is -2.35. The Morgan fingerprint density at radius 2 is 1.02 bits per heavy atom. The van der Waals surface area contributed by atoms with Crippen molar-refractivity contribution in [2.45, 2.75) is 192 Å². The fourth-order valence-corrected chi connectivity index (χ4v) is 12.1. The first-order valence-electron chi connectivity index (χ1n) is 30.8. The molecular formula is C67H90F2N12O8S2. The number of aromatic nitrogens is 6. The minimum atomic E-state index is -4.47. The van der Waals surface area contributed by atoms with Crippen molar-refractivity contribution in [1.29, 1.82) is 0 Å². The van der Waals surface area contributed by atoms with Gasteiger partial charge in [0.25, 0.3) is 31.9 Å². The molecule has 0 saturated carbocycles. The molecule has 0 bridgehead atoms. The number of amides is 3. The van der Waals surface area contributed by atoms with Crippen LogP contribution in [-0.2, 0) is 46.4 Å². The van der Waals surface area contributed by atoms with Gasteiger partial charge < -0.3 is 25.6 Å². The Morgan fingerprint density at radius 3 is 1.41 bits per heavy atom. The Labute approximate surface area is 535 Å². The number of nitrogens with zero attached hydrogens (tertiary/aromatic N) is 7. The Bertz CT molecular complexity index is 3800. The van der Waals surface area contributed by atoms with E-state index in [1.54, 1.807) is 35.5 Å². The van der Waals surface area contributed by atoms with Crippen LogP contribution >= 0.6 is 0 Å². The number of carbonyl (C=O) groups is 3. The summed E-state index contributed by atoms with van der Waals surface area (Å²) >= 11 is 0. The lowest BCUT2D eigenvalue weighted by Gasteiger charge is -2.25. The quantitative estimate of drug-likeness (QED) is 0.0501. The molecule has 4 atom stereocenters. The highest BCUT2D eigenvalue weighted by atomic mass is 32.2. The molecule has 20 nitrogen and oxygen atoms in total. The third kappa shape index (κ3) is 20.0. The van der Waals surface area contributed by atoms with Gasteiger partial charge in [0.05, 0.1) is 34.6 Å². The Kier molecular flexibility index (Phi) is 22.2. The lowest BCUT2D eigenvalue weighted by molar-refractivity contribution is 0.0287. The molecule has 2 aliphatic rings. The number of carbonyl (C=O) groups excluding carboxylic acids is 3. The van der Waals surface area contributed by atoms with Gasteiger partial charge in [-0.1, -0.05) is 95.2 Å². The maximum atomic E-state index is 14.8. The SMILES string of the molecule is CC(C)(C)OC(=O)N1CC[C@H](CCC(Nc2cccc(S(=O)(=O)NC(=O)c3ccc(C(C)(C)C)nc3F)n2)c2cc(C(C)(C)C)ccn2)C1.CC(C)(C)c1ccnc(C(CC[C@H]2CCNC2)Nc2cccc(S(=O)(=O)NC(=O)c3ccc(C(C)(C)C)nc3F)n2)c1. The van der Waals surface area contributed by atoms with Crippen LogP contribution in [0.5, 0.6) is 0 Å². The van der Waals surface area contributed by atoms with Gasteiger partial charge >= 0.3 is 6.09 Å². The van der Waals surface area contributed by atoms with Crippen LogP contribution in [0.2, 0.25) is 0 Å². The summed E-state index contributed by atoms with van der Waals surface area (Å²) in [6.45, 7) is 32.6. The summed E-state index contributed by atoms with van der Waals surface area (Å²) in [6.07, 6.45) is 8.32. The van der Waals surface area contributed by atoms with Crippen molar-refractivity contribution in [2.75, 3.05) is 36.8 Å². The maximum Gasteiger partial charge on any atom is 0.410 e. The summed E-state index contributed by atoms with van der Waals surface area (Å²) in [7, 11) is -8.88. The van der Waals surface area contributed by atoms with Crippen molar-refractivity contribution < 1.29 is 44.7 Å². The van der Waals surface area contributed by atoms with Crippen molar-refractivity contribution in [2.24, 2.45) is 11.8 Å². The molecule has 0 aliphatic carbocycles. The van der Waals surface area contributed by atoms with E-state index in [4.69, 9.17) is 4.74 Å². The van der Waals surface area contributed by atoms with Crippen molar-refractivity contribution >= 4 is 49.6 Å². The Morgan fingerprint density at radius 1 is 0.582 bits per heavy atom. The van der Waals surface area contributed by atoms with Gasteiger partial charge in [-0.3, -0.25) is 19.6 Å². The number of anilines is 2. The zero-order valence-electron chi connectivity index (χ0n) is 55.1. The second-order valence-electron chi connectivity index (χ2n) is 28.6. The van der Waals surface area contributed by atoms with Gasteiger partial charge in [0.2, 0.25) is 11.9 Å². The van der Waals surface area contributed by atoms with E-state index in [9.17, 15) is 40.0 Å². The fourth-order valence-electron chi connectivity index (χ4n) is 10.3. The van der Waals surface area contributed by atoms with Crippen LogP contribution in [0.15, 0.2) is 107 Å². The number of hydrogen-bond donors (Lipinski definition) is 5. The molecule has 24 heteroatoms. The number of halogens is 2. The van der Waals surface area contributed by atoms with Crippen LogP contribution in [0.25, 0.3) is 0 Å². The van der Waals surface area contributed by atoms with E-state index in [0.29, 0.717) is 42.6 Å². The summed E-state index contributed by atoms with van der Waals surface area (Å²) in [5.74, 6) is -2.99. The standard InChI is InChI=1S/C36H49FN6O5S.C31H41FN6O3S/c1-34(2,3)24-17-19-38-27(21-24)26(15-13-23-18-20-43(22-23)33(45)48-36(7,8)9)39-29-11-10-12-30(41-29)49(46,47)42-32(44)25-14-16-28(35(4,5)6)40-31(25)37;1-30(2,3)21-15-17-34-24(18-21)23(12-10-20-14-16-33-19-20)35-26-8-7-9-27(37-26)42(40,41)38-29(39)22-11-13-25(31(4,5)6)36-28(22)32/h10-12,14,16-17,19,21,23,26H,13,15,18,20,22H2,1-9H3,(H,39,41)(H,42,44);7-9,11,13,15,17-18,20,23,33H,10,12,14,16,19H2,1-6H3,(H,35,37)(H,38,39)/t23-,26?;20-,23?/m00/s1. The third-order valence-electron chi connectivity index (χ3n) is 15.7. The number of rotatable bonds is 18. The smallest absolute Gasteiger partial charge is 0.410 e. The van der Waals surface area contributed by atoms with E-state index in [2.05, 4.69) is 93.5 Å². The van der Waals surface area contributed by atoms with E-state index >= 15 is 0 Å². The molecule has 492 valence electrons. The minimum Gasteiger partial charge on any atom is -0.444 e. The van der Waals surface area contributed by atoms with Crippen molar-refractivity contribution in [1.82, 2.24) is 49.6 Å². The van der Waals surface area contributed by atoms with Crippen LogP contribution < -0.4 is 25.4 Å². The second-order valence-corrected chi connectivity index (χ2v) is 31.8. The molecule has 2 aliphatic heterocycles. The molecule has 6 aromatic rings. The lowest BCUT2D eigenvalue weighted by atomic mass is 9.86. The molecule has 8 rings (SSSR count). The summed E-state index contributed by atoms with van der Waals surface area (Å²) in [6, 6.07) is 21.9. The zero-order valence-corrected chi connectivity index (χ0v) is 56.7. The highest BCUT2D eigenvalue weighted by molar-refractivity contribution is 7.90. The molecule has 3 amide bonds. The number of sulfonamides is 2. The summed E-state index contributed by atoms with van der Waals surface area (Å²) in [5.41, 5.74) is 2.09. The van der Waals surface area contributed by atoms with Crippen molar-refractivity contribution in [3.8, 4) is 0 Å². The van der Waals surface area contributed by atoms with Gasteiger partial charge in [0, 0.05) is 47.7 Å².